The Hall–Kier alpha value is -2.49. The topological polar surface area (TPSA) is 38.5 Å². The number of carbonyl (C=O) groups is 1. The van der Waals surface area contributed by atoms with Crippen molar-refractivity contribution in [3.63, 3.8) is 0 Å². The minimum atomic E-state index is -0.293. The lowest BCUT2D eigenvalue weighted by molar-refractivity contribution is -0.142. The first-order chi connectivity index (χ1) is 10.8. The van der Waals surface area contributed by atoms with E-state index in [4.69, 9.17) is 9.47 Å². The number of hydrogen-bond donors (Lipinski definition) is 0. The third-order valence-electron chi connectivity index (χ3n) is 3.85. The lowest BCUT2D eigenvalue weighted by Gasteiger charge is -2.08. The normalized spacial score (nSPS) is 19.6. The van der Waals surface area contributed by atoms with Crippen LogP contribution in [0.3, 0.4) is 0 Å². The smallest absolute Gasteiger partial charge is 0.331 e. The molecule has 0 saturated carbocycles. The van der Waals surface area contributed by atoms with Gasteiger partial charge in [-0.05, 0) is 25.1 Å². The van der Waals surface area contributed by atoms with Gasteiger partial charge < -0.3 is 14.4 Å². The molecular weight excluding hydrogens is 278 g/mol. The summed E-state index contributed by atoms with van der Waals surface area (Å²) in [5.41, 5.74) is 2.02. The second kappa shape index (κ2) is 6.10. The van der Waals surface area contributed by atoms with Crippen molar-refractivity contribution < 1.29 is 14.3 Å². The van der Waals surface area contributed by atoms with E-state index in [1.54, 1.807) is 7.11 Å². The van der Waals surface area contributed by atoms with E-state index in [-0.39, 0.29) is 18.1 Å². The lowest BCUT2D eigenvalue weighted by atomic mass is 10.1. The highest BCUT2D eigenvalue weighted by atomic mass is 16.5. The van der Waals surface area contributed by atoms with Gasteiger partial charge in [-0.25, -0.2) is 4.79 Å². The Kier molecular flexibility index (Phi) is 4.00. The maximum absolute atomic E-state index is 12.3. The largest absolute Gasteiger partial charge is 0.496 e. The van der Waals surface area contributed by atoms with Gasteiger partial charge in [0.05, 0.1) is 19.8 Å². The van der Waals surface area contributed by atoms with Crippen molar-refractivity contribution >= 4 is 11.7 Å². The Morgan fingerprint density at radius 3 is 2.45 bits per heavy atom. The average molecular weight is 297 g/mol. The summed E-state index contributed by atoms with van der Waals surface area (Å²) in [5, 5.41) is 0. The monoisotopic (exact) mass is 297 g/mol. The first-order valence-corrected chi connectivity index (χ1v) is 7.41. The molecule has 2 atom stereocenters. The van der Waals surface area contributed by atoms with Gasteiger partial charge in [0.25, 0.3) is 0 Å². The molecule has 0 aromatic heterocycles. The maximum Gasteiger partial charge on any atom is 0.331 e. The summed E-state index contributed by atoms with van der Waals surface area (Å²) in [5.74, 6) is 0.600. The van der Waals surface area contributed by atoms with Crippen LogP contribution in [-0.2, 0) is 9.53 Å². The molecule has 1 saturated heterocycles. The van der Waals surface area contributed by atoms with Gasteiger partial charge in [0, 0.05) is 11.3 Å². The number of para-hydroxylation sites is 2. The number of nitrogens with zero attached hydrogens (tertiary/aromatic N) is 1. The number of methoxy groups -OCH3 is 1. The molecule has 1 heterocycles. The molecule has 2 aromatic rings. The van der Waals surface area contributed by atoms with Crippen LogP contribution in [0.25, 0.3) is 0 Å². The van der Waals surface area contributed by atoms with Crippen LogP contribution >= 0.6 is 0 Å². The van der Waals surface area contributed by atoms with Gasteiger partial charge >= 0.3 is 5.97 Å². The van der Waals surface area contributed by atoms with Crippen LogP contribution in [0.4, 0.5) is 5.69 Å². The maximum atomic E-state index is 12.3. The molecule has 0 unspecified atom stereocenters. The van der Waals surface area contributed by atoms with Crippen molar-refractivity contribution in [2.75, 3.05) is 18.6 Å². The summed E-state index contributed by atoms with van der Waals surface area (Å²) in [6.45, 7) is 2.21. The molecule has 0 radical (unpaired) electrons. The standard InChI is InChI=1S/C18H19NO3/c1-3-22-18(20)17-16(14-11-7-8-12-15(14)21-2)19(17)13-9-5-4-6-10-13/h4-12,16-17H,3H2,1-2H3/t16-,17-,19?/m1/s1. The summed E-state index contributed by atoms with van der Waals surface area (Å²) in [7, 11) is 1.65. The zero-order chi connectivity index (χ0) is 15.5. The van der Waals surface area contributed by atoms with Crippen molar-refractivity contribution in [3.8, 4) is 5.75 Å². The second-order valence-corrected chi connectivity index (χ2v) is 5.13. The van der Waals surface area contributed by atoms with Crippen molar-refractivity contribution in [1.82, 2.24) is 0 Å². The summed E-state index contributed by atoms with van der Waals surface area (Å²) < 4.78 is 10.7. The van der Waals surface area contributed by atoms with E-state index >= 15 is 0 Å². The highest BCUT2D eigenvalue weighted by Crippen LogP contribution is 2.49. The van der Waals surface area contributed by atoms with Crippen LogP contribution in [0.2, 0.25) is 0 Å². The van der Waals surface area contributed by atoms with Gasteiger partial charge in [-0.1, -0.05) is 36.4 Å². The van der Waals surface area contributed by atoms with E-state index in [0.717, 1.165) is 17.0 Å². The summed E-state index contributed by atoms with van der Waals surface area (Å²) in [6.07, 6.45) is 0. The Morgan fingerprint density at radius 1 is 1.09 bits per heavy atom. The molecule has 4 nitrogen and oxygen atoms in total. The number of carbonyl (C=O) groups excluding carboxylic acids is 1. The Labute approximate surface area is 130 Å². The number of rotatable bonds is 5. The molecule has 0 bridgehead atoms. The number of ether oxygens (including phenoxy) is 2. The van der Waals surface area contributed by atoms with E-state index in [9.17, 15) is 4.79 Å². The second-order valence-electron chi connectivity index (χ2n) is 5.13. The van der Waals surface area contributed by atoms with Gasteiger partial charge in [0.2, 0.25) is 0 Å². The summed E-state index contributed by atoms with van der Waals surface area (Å²) >= 11 is 0. The van der Waals surface area contributed by atoms with Gasteiger partial charge in [-0.15, -0.1) is 0 Å². The van der Waals surface area contributed by atoms with Crippen LogP contribution in [0.5, 0.6) is 5.75 Å². The first-order valence-electron chi connectivity index (χ1n) is 7.41. The minimum absolute atomic E-state index is 0.0439. The van der Waals surface area contributed by atoms with Gasteiger partial charge in [0.1, 0.15) is 5.75 Å². The Morgan fingerprint density at radius 2 is 1.77 bits per heavy atom. The molecule has 1 fully saturated rings. The van der Waals surface area contributed by atoms with E-state index in [1.165, 1.54) is 0 Å². The average Bonchev–Trinajstić information content (AvgIpc) is 3.31. The van der Waals surface area contributed by atoms with Crippen molar-refractivity contribution in [1.29, 1.82) is 0 Å². The minimum Gasteiger partial charge on any atom is -0.496 e. The van der Waals surface area contributed by atoms with Gasteiger partial charge in [-0.2, -0.15) is 0 Å². The van der Waals surface area contributed by atoms with Crippen LogP contribution in [0, 0.1) is 0 Å². The van der Waals surface area contributed by atoms with Crippen molar-refractivity contribution in [2.24, 2.45) is 0 Å². The number of hydrogen-bond acceptors (Lipinski definition) is 4. The molecule has 1 aliphatic rings. The molecule has 4 heteroatoms. The predicted molar refractivity (Wildman–Crippen MR) is 85.1 cm³/mol. The molecule has 114 valence electrons. The highest BCUT2D eigenvalue weighted by Gasteiger charge is 2.55. The van der Waals surface area contributed by atoms with Crippen LogP contribution in [0.15, 0.2) is 54.6 Å². The molecule has 0 spiro atoms. The SMILES string of the molecule is CCOC(=O)[C@H]1[C@@H](c2ccccc2OC)N1c1ccccc1. The fourth-order valence-corrected chi connectivity index (χ4v) is 2.85. The summed E-state index contributed by atoms with van der Waals surface area (Å²) in [4.78, 5) is 14.3. The summed E-state index contributed by atoms with van der Waals surface area (Å²) in [6, 6.07) is 17.4. The fourth-order valence-electron chi connectivity index (χ4n) is 2.85. The molecule has 0 aliphatic carbocycles. The van der Waals surface area contributed by atoms with E-state index in [0.29, 0.717) is 6.61 Å². The zero-order valence-corrected chi connectivity index (χ0v) is 12.7. The highest BCUT2D eigenvalue weighted by molar-refractivity contribution is 5.89. The van der Waals surface area contributed by atoms with Gasteiger partial charge in [0.15, 0.2) is 6.04 Å². The lowest BCUT2D eigenvalue weighted by Crippen LogP contribution is -2.15. The molecule has 1 aliphatic heterocycles. The quantitative estimate of drug-likeness (QED) is 0.627. The molecular formula is C18H19NO3. The molecule has 3 rings (SSSR count). The van der Waals surface area contributed by atoms with Crippen LogP contribution < -0.4 is 9.64 Å². The van der Waals surface area contributed by atoms with Gasteiger partial charge in [-0.3, -0.25) is 0 Å². The fraction of sp³-hybridized carbons (Fsp3) is 0.278. The Balaban J connectivity index is 1.95. The molecule has 22 heavy (non-hydrogen) atoms. The number of anilines is 1. The molecule has 0 amide bonds. The van der Waals surface area contributed by atoms with E-state index in [2.05, 4.69) is 4.90 Å². The van der Waals surface area contributed by atoms with E-state index < -0.39 is 0 Å². The molecule has 2 aromatic carbocycles. The third-order valence-corrected chi connectivity index (χ3v) is 3.85. The van der Waals surface area contributed by atoms with Crippen LogP contribution in [0.1, 0.15) is 18.5 Å². The predicted octanol–water partition coefficient (Wildman–Crippen LogP) is 3.19. The zero-order valence-electron chi connectivity index (χ0n) is 12.7. The third kappa shape index (κ3) is 2.52. The van der Waals surface area contributed by atoms with Crippen molar-refractivity contribution in [2.45, 2.75) is 19.0 Å². The molecule has 0 N–H and O–H groups in total. The van der Waals surface area contributed by atoms with E-state index in [1.807, 2.05) is 61.5 Å². The van der Waals surface area contributed by atoms with Crippen molar-refractivity contribution in [3.05, 3.63) is 60.2 Å². The number of benzene rings is 2. The van der Waals surface area contributed by atoms with Crippen LogP contribution in [-0.4, -0.2) is 25.7 Å². The Bertz CT molecular complexity index is 656. The first kappa shape index (κ1) is 14.4. The number of esters is 1.